The van der Waals surface area contributed by atoms with Gasteiger partial charge in [-0.3, -0.25) is 9.59 Å². The molecule has 1 heterocycles. The molecule has 118 valence electrons. The van der Waals surface area contributed by atoms with E-state index in [1.165, 1.54) is 32.2 Å². The van der Waals surface area contributed by atoms with Crippen LogP contribution in [0, 0.1) is 0 Å². The van der Waals surface area contributed by atoms with Crippen molar-refractivity contribution in [2.45, 2.75) is 10.6 Å². The minimum absolute atomic E-state index is 0.0696. The number of carbonyl (C=O) groups excluding carboxylic acids is 2. The number of carbonyl (C=O) groups is 2. The molecule has 21 heavy (non-hydrogen) atoms. The smallest absolute Gasteiger partial charge is 0.307 e. The van der Waals surface area contributed by atoms with Gasteiger partial charge >= 0.3 is 5.97 Å². The van der Waals surface area contributed by atoms with Crippen molar-refractivity contribution in [2.75, 3.05) is 34.3 Å². The fourth-order valence-electron chi connectivity index (χ4n) is 1.45. The average molecular weight is 334 g/mol. The molecular formula is C12H18N2O5S2. The van der Waals surface area contributed by atoms with E-state index in [-0.39, 0.29) is 29.6 Å². The molecule has 0 bridgehead atoms. The van der Waals surface area contributed by atoms with Crippen LogP contribution in [0.15, 0.2) is 21.7 Å². The van der Waals surface area contributed by atoms with E-state index in [4.69, 9.17) is 0 Å². The second-order valence-corrected chi connectivity index (χ2v) is 7.55. The fourth-order valence-corrected chi connectivity index (χ4v) is 3.77. The molecular weight excluding hydrogens is 316 g/mol. The highest BCUT2D eigenvalue weighted by molar-refractivity contribution is 7.91. The van der Waals surface area contributed by atoms with Crippen molar-refractivity contribution in [2.24, 2.45) is 0 Å². The van der Waals surface area contributed by atoms with E-state index < -0.39 is 16.0 Å². The van der Waals surface area contributed by atoms with Gasteiger partial charge in [-0.2, -0.15) is 4.31 Å². The SMILES string of the molecule is COC(=O)CCN(C)C(=O)CN(C)S(=O)(=O)c1cccs1. The van der Waals surface area contributed by atoms with Crippen molar-refractivity contribution in [1.29, 1.82) is 0 Å². The molecule has 0 unspecified atom stereocenters. The number of thiophene rings is 1. The summed E-state index contributed by atoms with van der Waals surface area (Å²) >= 11 is 1.10. The quantitative estimate of drug-likeness (QED) is 0.674. The summed E-state index contributed by atoms with van der Waals surface area (Å²) in [4.78, 5) is 24.3. The predicted octanol–water partition coefficient (Wildman–Crippen LogP) is 0.390. The molecule has 0 radical (unpaired) electrons. The van der Waals surface area contributed by atoms with E-state index in [1.54, 1.807) is 11.4 Å². The highest BCUT2D eigenvalue weighted by atomic mass is 32.2. The van der Waals surface area contributed by atoms with E-state index in [1.807, 2.05) is 0 Å². The molecule has 1 aromatic heterocycles. The molecule has 0 aromatic carbocycles. The van der Waals surface area contributed by atoms with Gasteiger partial charge in [0.25, 0.3) is 10.0 Å². The van der Waals surface area contributed by atoms with Crippen LogP contribution >= 0.6 is 11.3 Å². The summed E-state index contributed by atoms with van der Waals surface area (Å²) < 4.78 is 30.0. The van der Waals surface area contributed by atoms with Crippen molar-refractivity contribution in [1.82, 2.24) is 9.21 Å². The number of likely N-dealkylation sites (N-methyl/N-ethyl adjacent to an activating group) is 2. The van der Waals surface area contributed by atoms with E-state index in [0.717, 1.165) is 15.6 Å². The fraction of sp³-hybridized carbons (Fsp3) is 0.500. The molecule has 0 spiro atoms. The number of hydrogen-bond donors (Lipinski definition) is 0. The summed E-state index contributed by atoms with van der Waals surface area (Å²) in [5, 5.41) is 1.66. The highest BCUT2D eigenvalue weighted by Gasteiger charge is 2.25. The van der Waals surface area contributed by atoms with Crippen LogP contribution in [0.1, 0.15) is 6.42 Å². The minimum Gasteiger partial charge on any atom is -0.469 e. The Bertz CT molecular complexity index is 583. The Balaban J connectivity index is 2.60. The number of ether oxygens (including phenoxy) is 1. The van der Waals surface area contributed by atoms with Gasteiger partial charge in [-0.05, 0) is 11.4 Å². The van der Waals surface area contributed by atoms with Crippen LogP contribution in [0.3, 0.4) is 0 Å². The lowest BCUT2D eigenvalue weighted by molar-refractivity contribution is -0.141. The lowest BCUT2D eigenvalue weighted by Crippen LogP contribution is -2.39. The standard InChI is InChI=1S/C12H18N2O5S2/c1-13(7-6-11(16)19-3)10(15)9-14(2)21(17,18)12-5-4-8-20-12/h4-5,8H,6-7,9H2,1-3H3. The number of nitrogens with zero attached hydrogens (tertiary/aromatic N) is 2. The third-order valence-electron chi connectivity index (χ3n) is 2.82. The molecule has 9 heteroatoms. The van der Waals surface area contributed by atoms with Gasteiger partial charge < -0.3 is 9.64 Å². The summed E-state index contributed by atoms with van der Waals surface area (Å²) in [5.74, 6) is -0.809. The molecule has 7 nitrogen and oxygen atoms in total. The molecule has 1 aromatic rings. The third-order valence-corrected chi connectivity index (χ3v) is 6.00. The van der Waals surface area contributed by atoms with Crippen molar-refractivity contribution in [3.63, 3.8) is 0 Å². The molecule has 0 N–H and O–H groups in total. The monoisotopic (exact) mass is 334 g/mol. The van der Waals surface area contributed by atoms with Gasteiger partial charge in [0, 0.05) is 20.6 Å². The van der Waals surface area contributed by atoms with Gasteiger partial charge in [0.05, 0.1) is 20.1 Å². The second kappa shape index (κ2) is 7.53. The molecule has 0 atom stereocenters. The number of rotatable bonds is 7. The Kier molecular flexibility index (Phi) is 6.31. The van der Waals surface area contributed by atoms with Gasteiger partial charge in [0.15, 0.2) is 0 Å². The number of hydrogen-bond acceptors (Lipinski definition) is 6. The van der Waals surface area contributed by atoms with Crippen LogP contribution in [0.2, 0.25) is 0 Å². The zero-order chi connectivity index (χ0) is 16.0. The van der Waals surface area contributed by atoms with Crippen molar-refractivity contribution in [3.05, 3.63) is 17.5 Å². The Morgan fingerprint density at radius 2 is 2.00 bits per heavy atom. The van der Waals surface area contributed by atoms with Gasteiger partial charge in [-0.1, -0.05) is 6.07 Å². The van der Waals surface area contributed by atoms with Gasteiger partial charge in [-0.15, -0.1) is 11.3 Å². The van der Waals surface area contributed by atoms with Gasteiger partial charge in [0.1, 0.15) is 4.21 Å². The van der Waals surface area contributed by atoms with Crippen LogP contribution < -0.4 is 0 Å². The summed E-state index contributed by atoms with van der Waals surface area (Å²) in [6.07, 6.45) is 0.0696. The van der Waals surface area contributed by atoms with E-state index in [9.17, 15) is 18.0 Å². The minimum atomic E-state index is -3.65. The normalized spacial score (nSPS) is 11.4. The molecule has 0 aliphatic rings. The topological polar surface area (TPSA) is 84.0 Å². The average Bonchev–Trinajstić information content (AvgIpc) is 2.98. The first kappa shape index (κ1) is 17.6. The number of esters is 1. The van der Waals surface area contributed by atoms with Crippen molar-refractivity contribution in [3.8, 4) is 0 Å². The number of amides is 1. The van der Waals surface area contributed by atoms with E-state index >= 15 is 0 Å². The Morgan fingerprint density at radius 1 is 1.33 bits per heavy atom. The Hall–Kier alpha value is -1.45. The zero-order valence-electron chi connectivity index (χ0n) is 12.1. The summed E-state index contributed by atoms with van der Waals surface area (Å²) in [5.41, 5.74) is 0. The first-order chi connectivity index (χ1) is 9.78. The maximum atomic E-state index is 12.2. The molecule has 1 amide bonds. The van der Waals surface area contributed by atoms with Crippen LogP contribution in [-0.4, -0.2) is 63.8 Å². The summed E-state index contributed by atoms with van der Waals surface area (Å²) in [6.45, 7) is -0.101. The largest absolute Gasteiger partial charge is 0.469 e. The summed E-state index contributed by atoms with van der Waals surface area (Å²) in [6, 6.07) is 3.12. The Morgan fingerprint density at radius 3 is 2.52 bits per heavy atom. The van der Waals surface area contributed by atoms with Crippen LogP contribution in [0.5, 0.6) is 0 Å². The number of methoxy groups -OCH3 is 1. The third kappa shape index (κ3) is 4.80. The van der Waals surface area contributed by atoms with Gasteiger partial charge in [-0.25, -0.2) is 8.42 Å². The van der Waals surface area contributed by atoms with Crippen LogP contribution in [0.4, 0.5) is 0 Å². The first-order valence-corrected chi connectivity index (χ1v) is 8.41. The van der Waals surface area contributed by atoms with E-state index in [0.29, 0.717) is 0 Å². The van der Waals surface area contributed by atoms with Crippen molar-refractivity contribution >= 4 is 33.2 Å². The lowest BCUT2D eigenvalue weighted by atomic mass is 10.4. The Labute approximate surface area is 128 Å². The van der Waals surface area contributed by atoms with Crippen LogP contribution in [-0.2, 0) is 24.3 Å². The maximum Gasteiger partial charge on any atom is 0.307 e. The zero-order valence-corrected chi connectivity index (χ0v) is 13.7. The molecule has 1 rings (SSSR count). The first-order valence-electron chi connectivity index (χ1n) is 6.09. The van der Waals surface area contributed by atoms with Crippen molar-refractivity contribution < 1.29 is 22.7 Å². The van der Waals surface area contributed by atoms with Crippen LogP contribution in [0.25, 0.3) is 0 Å². The second-order valence-electron chi connectivity index (χ2n) is 4.33. The predicted molar refractivity (Wildman–Crippen MR) is 78.4 cm³/mol. The molecule has 0 aliphatic heterocycles. The maximum absolute atomic E-state index is 12.2. The summed E-state index contributed by atoms with van der Waals surface area (Å²) in [7, 11) is 0.481. The number of sulfonamides is 1. The molecule has 0 saturated heterocycles. The molecule has 0 aliphatic carbocycles. The molecule has 0 saturated carbocycles. The lowest BCUT2D eigenvalue weighted by Gasteiger charge is -2.21. The molecule has 0 fully saturated rings. The highest BCUT2D eigenvalue weighted by Crippen LogP contribution is 2.19. The van der Waals surface area contributed by atoms with E-state index in [2.05, 4.69) is 4.74 Å². The van der Waals surface area contributed by atoms with Gasteiger partial charge in [0.2, 0.25) is 5.91 Å².